The Kier molecular flexibility index (Phi) is 3.20. The lowest BCUT2D eigenvalue weighted by Crippen LogP contribution is -1.94. The zero-order chi connectivity index (χ0) is 14.1. The monoisotopic (exact) mass is 286 g/mol. The highest BCUT2D eigenvalue weighted by Gasteiger charge is 2.13. The second kappa shape index (κ2) is 5.02. The number of aromatic nitrogens is 1. The molecule has 0 unspecified atom stereocenters. The molecule has 0 aliphatic carbocycles. The zero-order valence-electron chi connectivity index (χ0n) is 10.7. The summed E-state index contributed by atoms with van der Waals surface area (Å²) in [5.74, 6) is -0.340. The molecule has 3 nitrogen and oxygen atoms in total. The topological polar surface area (TPSA) is 42.0 Å². The molecule has 0 aliphatic rings. The summed E-state index contributed by atoms with van der Waals surface area (Å²) in [5.41, 5.74) is 1.71. The van der Waals surface area contributed by atoms with E-state index in [-0.39, 0.29) is 5.82 Å². The summed E-state index contributed by atoms with van der Waals surface area (Å²) in [6, 6.07) is 8.54. The summed E-state index contributed by atoms with van der Waals surface area (Å²) in [6.45, 7) is 1.83. The maximum absolute atomic E-state index is 13.9. The van der Waals surface area contributed by atoms with Crippen molar-refractivity contribution in [3.8, 4) is 0 Å². The normalized spacial score (nSPS) is 10.7. The summed E-state index contributed by atoms with van der Waals surface area (Å²) < 4.78 is 13.9. The number of rotatable bonds is 3. The number of aryl methyl sites for hydroxylation is 1. The standard InChI is InChI=1S/C15H11FN2OS/c1-9-4-5-13(12(16)7-9)18-15-11(8-19)10-3-2-6-17-14(10)20-15/h2-8,18H,1H3. The van der Waals surface area contributed by atoms with Crippen molar-refractivity contribution < 1.29 is 9.18 Å². The zero-order valence-corrected chi connectivity index (χ0v) is 11.5. The lowest BCUT2D eigenvalue weighted by Gasteiger charge is -2.06. The fourth-order valence-electron chi connectivity index (χ4n) is 2.00. The van der Waals surface area contributed by atoms with E-state index in [1.165, 1.54) is 17.4 Å². The molecule has 0 saturated heterocycles. The maximum Gasteiger partial charge on any atom is 0.153 e. The van der Waals surface area contributed by atoms with Crippen LogP contribution in [0.3, 0.4) is 0 Å². The van der Waals surface area contributed by atoms with Crippen molar-refractivity contribution in [2.24, 2.45) is 0 Å². The third kappa shape index (κ3) is 2.16. The van der Waals surface area contributed by atoms with Gasteiger partial charge in [-0.1, -0.05) is 17.4 Å². The number of thiophene rings is 1. The van der Waals surface area contributed by atoms with Crippen LogP contribution in [0.25, 0.3) is 10.2 Å². The second-order valence-electron chi connectivity index (χ2n) is 4.43. The number of nitrogens with one attached hydrogen (secondary N) is 1. The number of carbonyl (C=O) groups is 1. The molecule has 3 aromatic rings. The number of fused-ring (bicyclic) bond motifs is 1. The van der Waals surface area contributed by atoms with Crippen LogP contribution >= 0.6 is 11.3 Å². The summed E-state index contributed by atoms with van der Waals surface area (Å²) in [7, 11) is 0. The molecular weight excluding hydrogens is 275 g/mol. The highest BCUT2D eigenvalue weighted by atomic mass is 32.1. The number of hydrogen-bond acceptors (Lipinski definition) is 4. The van der Waals surface area contributed by atoms with Crippen molar-refractivity contribution in [2.75, 3.05) is 5.32 Å². The number of hydrogen-bond donors (Lipinski definition) is 1. The second-order valence-corrected chi connectivity index (χ2v) is 5.43. The smallest absolute Gasteiger partial charge is 0.153 e. The van der Waals surface area contributed by atoms with Gasteiger partial charge in [-0.25, -0.2) is 9.37 Å². The minimum Gasteiger partial charge on any atom is -0.344 e. The van der Waals surface area contributed by atoms with Crippen LogP contribution in [0.2, 0.25) is 0 Å². The van der Waals surface area contributed by atoms with Crippen LogP contribution in [0.4, 0.5) is 15.1 Å². The molecule has 0 amide bonds. The van der Waals surface area contributed by atoms with E-state index < -0.39 is 0 Å². The van der Waals surface area contributed by atoms with Gasteiger partial charge in [-0.05, 0) is 36.8 Å². The number of anilines is 2. The van der Waals surface area contributed by atoms with Gasteiger partial charge in [0.15, 0.2) is 6.29 Å². The van der Waals surface area contributed by atoms with Crippen molar-refractivity contribution in [2.45, 2.75) is 6.92 Å². The third-order valence-corrected chi connectivity index (χ3v) is 4.04. The number of halogens is 1. The van der Waals surface area contributed by atoms with Crippen LogP contribution in [0.15, 0.2) is 36.5 Å². The van der Waals surface area contributed by atoms with E-state index in [4.69, 9.17) is 0 Å². The molecule has 1 N–H and O–H groups in total. The number of carbonyl (C=O) groups excluding carboxylic acids is 1. The third-order valence-electron chi connectivity index (χ3n) is 3.00. The first-order valence-electron chi connectivity index (χ1n) is 6.05. The molecule has 5 heteroatoms. The van der Waals surface area contributed by atoms with Gasteiger partial charge in [0, 0.05) is 11.6 Å². The Balaban J connectivity index is 2.08. The van der Waals surface area contributed by atoms with Crippen LogP contribution < -0.4 is 5.32 Å². The van der Waals surface area contributed by atoms with Crippen LogP contribution in [-0.4, -0.2) is 11.3 Å². The lowest BCUT2D eigenvalue weighted by atomic mass is 10.2. The Morgan fingerprint density at radius 1 is 1.35 bits per heavy atom. The van der Waals surface area contributed by atoms with Gasteiger partial charge in [0.1, 0.15) is 15.6 Å². The molecule has 0 radical (unpaired) electrons. The maximum atomic E-state index is 13.9. The molecular formula is C15H11FN2OS. The molecule has 0 fully saturated rings. The van der Waals surface area contributed by atoms with Crippen molar-refractivity contribution >= 4 is 38.5 Å². The van der Waals surface area contributed by atoms with Crippen molar-refractivity contribution in [1.82, 2.24) is 4.98 Å². The number of pyridine rings is 1. The Morgan fingerprint density at radius 3 is 2.95 bits per heavy atom. The minimum atomic E-state index is -0.340. The molecule has 2 aromatic heterocycles. The van der Waals surface area contributed by atoms with Gasteiger partial charge in [-0.2, -0.15) is 0 Å². The average Bonchev–Trinajstić information content (AvgIpc) is 2.79. The van der Waals surface area contributed by atoms with Gasteiger partial charge < -0.3 is 5.32 Å². The van der Waals surface area contributed by atoms with Crippen LogP contribution in [0.5, 0.6) is 0 Å². The SMILES string of the molecule is Cc1ccc(Nc2sc3ncccc3c2C=O)c(F)c1. The number of benzene rings is 1. The highest BCUT2D eigenvalue weighted by molar-refractivity contribution is 7.23. The summed E-state index contributed by atoms with van der Waals surface area (Å²) in [4.78, 5) is 16.2. The van der Waals surface area contributed by atoms with E-state index in [2.05, 4.69) is 10.3 Å². The first-order valence-corrected chi connectivity index (χ1v) is 6.86. The Morgan fingerprint density at radius 2 is 2.20 bits per heavy atom. The molecule has 20 heavy (non-hydrogen) atoms. The summed E-state index contributed by atoms with van der Waals surface area (Å²) >= 11 is 1.34. The fourth-order valence-corrected chi connectivity index (χ4v) is 3.03. The van der Waals surface area contributed by atoms with E-state index in [0.29, 0.717) is 16.3 Å². The summed E-state index contributed by atoms with van der Waals surface area (Å²) in [6.07, 6.45) is 2.44. The summed E-state index contributed by atoms with van der Waals surface area (Å²) in [5, 5.41) is 4.37. The van der Waals surface area contributed by atoms with E-state index in [1.54, 1.807) is 18.3 Å². The Bertz CT molecular complexity index is 798. The molecule has 3 rings (SSSR count). The van der Waals surface area contributed by atoms with E-state index in [9.17, 15) is 9.18 Å². The van der Waals surface area contributed by atoms with Crippen LogP contribution in [0.1, 0.15) is 15.9 Å². The Hall–Kier alpha value is -2.27. The number of nitrogens with zero attached hydrogens (tertiary/aromatic N) is 1. The van der Waals surface area contributed by atoms with Crippen LogP contribution in [0, 0.1) is 12.7 Å². The largest absolute Gasteiger partial charge is 0.344 e. The van der Waals surface area contributed by atoms with Gasteiger partial charge in [0.2, 0.25) is 0 Å². The number of aldehydes is 1. The average molecular weight is 286 g/mol. The van der Waals surface area contributed by atoms with Crippen molar-refractivity contribution in [3.05, 3.63) is 53.5 Å². The quantitative estimate of drug-likeness (QED) is 0.730. The van der Waals surface area contributed by atoms with Crippen molar-refractivity contribution in [1.29, 1.82) is 0 Å². The minimum absolute atomic E-state index is 0.340. The Labute approximate surface area is 119 Å². The highest BCUT2D eigenvalue weighted by Crippen LogP contribution is 2.35. The predicted molar refractivity (Wildman–Crippen MR) is 79.4 cm³/mol. The van der Waals surface area contributed by atoms with E-state index in [1.807, 2.05) is 19.1 Å². The van der Waals surface area contributed by atoms with Gasteiger partial charge in [0.25, 0.3) is 0 Å². The molecule has 0 saturated carbocycles. The fraction of sp³-hybridized carbons (Fsp3) is 0.0667. The van der Waals surface area contributed by atoms with E-state index >= 15 is 0 Å². The van der Waals surface area contributed by atoms with Crippen LogP contribution in [-0.2, 0) is 0 Å². The molecule has 0 bridgehead atoms. The van der Waals surface area contributed by atoms with Gasteiger partial charge in [-0.15, -0.1) is 0 Å². The van der Waals surface area contributed by atoms with Gasteiger partial charge >= 0.3 is 0 Å². The van der Waals surface area contributed by atoms with Gasteiger partial charge in [0.05, 0.1) is 11.3 Å². The molecule has 100 valence electrons. The molecule has 0 aliphatic heterocycles. The first-order chi connectivity index (χ1) is 9.69. The molecule has 1 aromatic carbocycles. The van der Waals surface area contributed by atoms with E-state index in [0.717, 1.165) is 22.1 Å². The first kappa shape index (κ1) is 12.7. The predicted octanol–water partition coefficient (Wildman–Crippen LogP) is 4.30. The molecule has 0 atom stereocenters. The molecule has 0 spiro atoms. The van der Waals surface area contributed by atoms with Crippen molar-refractivity contribution in [3.63, 3.8) is 0 Å². The lowest BCUT2D eigenvalue weighted by molar-refractivity contribution is 0.112. The molecule has 2 heterocycles. The van der Waals surface area contributed by atoms with Gasteiger partial charge in [-0.3, -0.25) is 4.79 Å².